The van der Waals surface area contributed by atoms with Crippen molar-refractivity contribution in [3.05, 3.63) is 35.5 Å². The van der Waals surface area contributed by atoms with E-state index >= 15 is 0 Å². The van der Waals surface area contributed by atoms with Crippen LogP contribution in [-0.4, -0.2) is 17.1 Å². The van der Waals surface area contributed by atoms with Crippen molar-refractivity contribution >= 4 is 28.2 Å². The van der Waals surface area contributed by atoms with Gasteiger partial charge in [-0.15, -0.1) is 0 Å². The maximum Gasteiger partial charge on any atom is 0.0934 e. The zero-order chi connectivity index (χ0) is 12.5. The van der Waals surface area contributed by atoms with Gasteiger partial charge in [-0.05, 0) is 37.5 Å². The van der Waals surface area contributed by atoms with E-state index in [2.05, 4.69) is 10.3 Å². The summed E-state index contributed by atoms with van der Waals surface area (Å²) < 4.78 is 0. The van der Waals surface area contributed by atoms with Crippen molar-refractivity contribution in [1.29, 1.82) is 0 Å². The highest BCUT2D eigenvalue weighted by Crippen LogP contribution is 2.29. The smallest absolute Gasteiger partial charge is 0.0934 e. The molecule has 1 aromatic heterocycles. The third-order valence-electron chi connectivity index (χ3n) is 3.50. The largest absolute Gasteiger partial charge is 0.380 e. The number of halogens is 1. The van der Waals surface area contributed by atoms with E-state index in [-0.39, 0.29) is 0 Å². The van der Waals surface area contributed by atoms with Crippen LogP contribution in [0.15, 0.2) is 30.5 Å². The number of benzene rings is 1. The first-order valence-electron chi connectivity index (χ1n) is 6.29. The van der Waals surface area contributed by atoms with Crippen molar-refractivity contribution in [2.24, 2.45) is 5.73 Å². The number of nitrogens with two attached hydrogens (primary N) is 1. The average molecular weight is 262 g/mol. The number of nitrogens with zero attached hydrogens (tertiary/aromatic N) is 1. The van der Waals surface area contributed by atoms with E-state index in [0.29, 0.717) is 12.1 Å². The van der Waals surface area contributed by atoms with Gasteiger partial charge in [0.2, 0.25) is 0 Å². The Kier molecular flexibility index (Phi) is 3.10. The van der Waals surface area contributed by atoms with Gasteiger partial charge in [0.25, 0.3) is 0 Å². The molecule has 0 radical (unpaired) electrons. The van der Waals surface area contributed by atoms with E-state index in [0.717, 1.165) is 40.9 Å². The Morgan fingerprint density at radius 3 is 3.00 bits per heavy atom. The first kappa shape index (κ1) is 11.8. The molecular formula is C14H16ClN3. The fourth-order valence-corrected chi connectivity index (χ4v) is 2.86. The molecule has 1 heterocycles. The average Bonchev–Trinajstić information content (AvgIpc) is 2.74. The highest BCUT2D eigenvalue weighted by Gasteiger charge is 2.22. The monoisotopic (exact) mass is 261 g/mol. The van der Waals surface area contributed by atoms with Crippen molar-refractivity contribution in [1.82, 2.24) is 4.98 Å². The van der Waals surface area contributed by atoms with Crippen LogP contribution in [0.1, 0.15) is 19.3 Å². The highest BCUT2D eigenvalue weighted by atomic mass is 35.5. The number of aromatic nitrogens is 1. The van der Waals surface area contributed by atoms with E-state index in [1.54, 1.807) is 0 Å². The van der Waals surface area contributed by atoms with E-state index in [1.807, 2.05) is 30.5 Å². The predicted octanol–water partition coefficient (Wildman–Crippen LogP) is 3.18. The lowest BCUT2D eigenvalue weighted by Gasteiger charge is -2.15. The number of nitrogens with one attached hydrogen (secondary N) is 1. The summed E-state index contributed by atoms with van der Waals surface area (Å²) in [5, 5.41) is 5.33. The molecule has 1 aliphatic carbocycles. The quantitative estimate of drug-likeness (QED) is 0.873. The second kappa shape index (κ2) is 4.75. The van der Waals surface area contributed by atoms with Crippen LogP contribution in [0.25, 0.3) is 10.9 Å². The first-order chi connectivity index (χ1) is 8.72. The van der Waals surface area contributed by atoms with E-state index in [4.69, 9.17) is 17.3 Å². The van der Waals surface area contributed by atoms with Crippen LogP contribution in [0, 0.1) is 0 Å². The molecule has 2 unspecified atom stereocenters. The van der Waals surface area contributed by atoms with Crippen LogP contribution in [0.2, 0.25) is 5.02 Å². The number of pyridine rings is 1. The maximum atomic E-state index is 6.15. The molecule has 2 aromatic rings. The number of fused-ring (bicyclic) bond motifs is 1. The van der Waals surface area contributed by atoms with Gasteiger partial charge in [-0.25, -0.2) is 0 Å². The Balaban J connectivity index is 1.95. The van der Waals surface area contributed by atoms with Crippen LogP contribution >= 0.6 is 11.6 Å². The summed E-state index contributed by atoms with van der Waals surface area (Å²) in [7, 11) is 0. The Bertz CT molecular complexity index is 570. The molecule has 1 aromatic carbocycles. The maximum absolute atomic E-state index is 6.15. The summed E-state index contributed by atoms with van der Waals surface area (Å²) in [5.41, 5.74) is 7.93. The van der Waals surface area contributed by atoms with Crippen LogP contribution in [0.3, 0.4) is 0 Å². The van der Waals surface area contributed by atoms with E-state index in [1.165, 1.54) is 0 Å². The molecule has 4 heteroatoms. The molecule has 3 N–H and O–H groups in total. The third kappa shape index (κ3) is 2.28. The van der Waals surface area contributed by atoms with Gasteiger partial charge in [0.15, 0.2) is 0 Å². The lowest BCUT2D eigenvalue weighted by atomic mass is 10.1. The van der Waals surface area contributed by atoms with Gasteiger partial charge in [0.05, 0.1) is 11.2 Å². The fraction of sp³-hybridized carbons (Fsp3) is 0.357. The van der Waals surface area contributed by atoms with Crippen LogP contribution < -0.4 is 11.1 Å². The second-order valence-corrected chi connectivity index (χ2v) is 5.38. The summed E-state index contributed by atoms with van der Waals surface area (Å²) in [6, 6.07) is 8.59. The highest BCUT2D eigenvalue weighted by molar-refractivity contribution is 6.31. The molecule has 2 atom stereocenters. The van der Waals surface area contributed by atoms with Gasteiger partial charge in [-0.3, -0.25) is 4.98 Å². The van der Waals surface area contributed by atoms with Gasteiger partial charge < -0.3 is 11.1 Å². The van der Waals surface area contributed by atoms with Gasteiger partial charge in [-0.1, -0.05) is 17.7 Å². The lowest BCUT2D eigenvalue weighted by Crippen LogP contribution is -2.20. The molecule has 3 rings (SSSR count). The molecule has 18 heavy (non-hydrogen) atoms. The summed E-state index contributed by atoms with van der Waals surface area (Å²) in [6.45, 7) is 0. The van der Waals surface area contributed by atoms with Crippen molar-refractivity contribution in [3.63, 3.8) is 0 Å². The Hall–Kier alpha value is -1.32. The number of hydrogen-bond acceptors (Lipinski definition) is 3. The lowest BCUT2D eigenvalue weighted by molar-refractivity contribution is 0.688. The van der Waals surface area contributed by atoms with Crippen molar-refractivity contribution in [2.75, 3.05) is 5.32 Å². The number of rotatable bonds is 2. The molecule has 0 amide bonds. The molecule has 1 fully saturated rings. The van der Waals surface area contributed by atoms with E-state index in [9.17, 15) is 0 Å². The summed E-state index contributed by atoms with van der Waals surface area (Å²) in [4.78, 5) is 4.43. The van der Waals surface area contributed by atoms with Crippen molar-refractivity contribution in [2.45, 2.75) is 31.3 Å². The zero-order valence-corrected chi connectivity index (χ0v) is 10.8. The molecular weight excluding hydrogens is 246 g/mol. The Morgan fingerprint density at radius 2 is 2.22 bits per heavy atom. The van der Waals surface area contributed by atoms with Gasteiger partial charge in [-0.2, -0.15) is 0 Å². The summed E-state index contributed by atoms with van der Waals surface area (Å²) >= 11 is 6.15. The number of hydrogen-bond donors (Lipinski definition) is 2. The van der Waals surface area contributed by atoms with Gasteiger partial charge >= 0.3 is 0 Å². The Morgan fingerprint density at radius 1 is 1.33 bits per heavy atom. The minimum Gasteiger partial charge on any atom is -0.380 e. The summed E-state index contributed by atoms with van der Waals surface area (Å²) in [5.74, 6) is 0. The van der Waals surface area contributed by atoms with Crippen LogP contribution in [0.4, 0.5) is 5.69 Å². The Labute approximate surface area is 111 Å². The number of anilines is 1. The van der Waals surface area contributed by atoms with Crippen LogP contribution in [-0.2, 0) is 0 Å². The fourth-order valence-electron chi connectivity index (χ4n) is 2.63. The normalized spacial score (nSPS) is 23.4. The van der Waals surface area contributed by atoms with E-state index < -0.39 is 0 Å². The molecule has 3 nitrogen and oxygen atoms in total. The zero-order valence-electron chi connectivity index (χ0n) is 10.1. The van der Waals surface area contributed by atoms with Gasteiger partial charge in [0.1, 0.15) is 0 Å². The van der Waals surface area contributed by atoms with Crippen molar-refractivity contribution < 1.29 is 0 Å². The standard InChI is InChI=1S/C14H16ClN3/c15-10-6-9-2-1-5-17-14(9)13(7-10)18-12-4-3-11(16)8-12/h1-2,5-7,11-12,18H,3-4,8,16H2. The first-order valence-corrected chi connectivity index (χ1v) is 6.66. The minimum atomic E-state index is 0.320. The molecule has 1 aliphatic rings. The van der Waals surface area contributed by atoms with Gasteiger partial charge in [0, 0.05) is 28.7 Å². The minimum absolute atomic E-state index is 0.320. The molecule has 0 spiro atoms. The topological polar surface area (TPSA) is 50.9 Å². The SMILES string of the molecule is NC1CCC(Nc2cc(Cl)cc3cccnc23)C1. The molecule has 0 aliphatic heterocycles. The molecule has 0 bridgehead atoms. The molecule has 1 saturated carbocycles. The summed E-state index contributed by atoms with van der Waals surface area (Å²) in [6.07, 6.45) is 5.02. The second-order valence-electron chi connectivity index (χ2n) is 4.94. The third-order valence-corrected chi connectivity index (χ3v) is 3.72. The predicted molar refractivity (Wildman–Crippen MR) is 76.0 cm³/mol. The molecule has 94 valence electrons. The molecule has 0 saturated heterocycles. The van der Waals surface area contributed by atoms with Crippen LogP contribution in [0.5, 0.6) is 0 Å². The van der Waals surface area contributed by atoms with Crippen molar-refractivity contribution in [3.8, 4) is 0 Å².